The lowest BCUT2D eigenvalue weighted by atomic mass is 10.2. The number of hydrogen-bond acceptors (Lipinski definition) is 6. The molecule has 3 rings (SSSR count). The summed E-state index contributed by atoms with van der Waals surface area (Å²) in [6.07, 6.45) is -0.863. The van der Waals surface area contributed by atoms with Crippen LogP contribution in [0.15, 0.2) is 29.1 Å². The fraction of sp³-hybridized carbons (Fsp3) is 0.375. The van der Waals surface area contributed by atoms with Crippen molar-refractivity contribution in [3.63, 3.8) is 0 Å². The Balaban J connectivity index is 1.81. The largest absolute Gasteiger partial charge is 0.473 e. The lowest BCUT2D eigenvalue weighted by molar-refractivity contribution is -0.0327. The van der Waals surface area contributed by atoms with Gasteiger partial charge in [0.1, 0.15) is 12.4 Å². The maximum absolute atomic E-state index is 13.2. The first kappa shape index (κ1) is 17.3. The van der Waals surface area contributed by atoms with Crippen LogP contribution in [0.1, 0.15) is 12.0 Å². The zero-order chi connectivity index (χ0) is 18.0. The summed E-state index contributed by atoms with van der Waals surface area (Å²) in [5, 5.41) is 18.4. The monoisotopic (exact) mass is 353 g/mol. The summed E-state index contributed by atoms with van der Waals surface area (Å²) in [7, 11) is 0. The van der Waals surface area contributed by atoms with Crippen molar-refractivity contribution in [2.75, 3.05) is 18.0 Å². The zero-order valence-corrected chi connectivity index (χ0v) is 13.2. The van der Waals surface area contributed by atoms with E-state index in [1.54, 1.807) is 4.90 Å². The fourth-order valence-electron chi connectivity index (χ4n) is 2.72. The molecule has 0 fully saturated rings. The van der Waals surface area contributed by atoms with Crippen molar-refractivity contribution < 1.29 is 23.7 Å². The molecule has 0 radical (unpaired) electrons. The van der Waals surface area contributed by atoms with Crippen LogP contribution in [0.3, 0.4) is 0 Å². The SMILES string of the molecule is O=c1nc(OCc2ccc(F)c(F)c2)cc2n1CCCN2CC(O)O. The van der Waals surface area contributed by atoms with Crippen LogP contribution in [-0.4, -0.2) is 39.1 Å². The molecule has 2 N–H and O–H groups in total. The van der Waals surface area contributed by atoms with Crippen LogP contribution in [0.2, 0.25) is 0 Å². The van der Waals surface area contributed by atoms with Crippen molar-refractivity contribution in [2.45, 2.75) is 25.9 Å². The standard InChI is InChI=1S/C16H17F2N3O4/c17-11-3-2-10(6-12(11)18)9-25-13-7-14-20(8-15(22)23)4-1-5-21(14)16(24)19-13/h2-3,6-7,15,22-23H,1,4-5,8-9H2. The van der Waals surface area contributed by atoms with Gasteiger partial charge in [-0.25, -0.2) is 13.6 Å². The summed E-state index contributed by atoms with van der Waals surface area (Å²) < 4.78 is 33.0. The number of nitrogens with zero attached hydrogens (tertiary/aromatic N) is 3. The minimum atomic E-state index is -1.54. The Morgan fingerprint density at radius 3 is 2.72 bits per heavy atom. The fourth-order valence-corrected chi connectivity index (χ4v) is 2.72. The number of rotatable bonds is 5. The molecule has 0 unspecified atom stereocenters. The van der Waals surface area contributed by atoms with E-state index in [-0.39, 0.29) is 19.0 Å². The third-order valence-electron chi connectivity index (χ3n) is 3.85. The average molecular weight is 353 g/mol. The van der Waals surface area contributed by atoms with E-state index in [1.807, 2.05) is 0 Å². The third-order valence-corrected chi connectivity index (χ3v) is 3.85. The normalized spacial score (nSPS) is 13.9. The second-order valence-corrected chi connectivity index (χ2v) is 5.70. The second-order valence-electron chi connectivity index (χ2n) is 5.70. The average Bonchev–Trinajstić information content (AvgIpc) is 2.56. The molecular weight excluding hydrogens is 336 g/mol. The van der Waals surface area contributed by atoms with Gasteiger partial charge in [-0.15, -0.1) is 0 Å². The van der Waals surface area contributed by atoms with Gasteiger partial charge in [0.15, 0.2) is 17.9 Å². The van der Waals surface area contributed by atoms with E-state index in [0.717, 1.165) is 12.1 Å². The van der Waals surface area contributed by atoms with Crippen LogP contribution in [0.4, 0.5) is 14.6 Å². The summed E-state index contributed by atoms with van der Waals surface area (Å²) in [5.74, 6) is -1.44. The molecule has 9 heteroatoms. The van der Waals surface area contributed by atoms with Crippen LogP contribution in [0.25, 0.3) is 0 Å². The molecule has 1 aromatic heterocycles. The van der Waals surface area contributed by atoms with E-state index in [1.165, 1.54) is 16.7 Å². The van der Waals surface area contributed by atoms with Gasteiger partial charge in [0, 0.05) is 19.2 Å². The number of halogens is 2. The first-order valence-corrected chi connectivity index (χ1v) is 7.74. The van der Waals surface area contributed by atoms with Gasteiger partial charge < -0.3 is 19.8 Å². The molecule has 0 amide bonds. The Morgan fingerprint density at radius 1 is 1.20 bits per heavy atom. The van der Waals surface area contributed by atoms with Crippen molar-refractivity contribution in [3.05, 3.63) is 51.9 Å². The summed E-state index contributed by atoms with van der Waals surface area (Å²) in [4.78, 5) is 17.6. The molecule has 0 saturated heterocycles. The van der Waals surface area contributed by atoms with Crippen LogP contribution in [-0.2, 0) is 13.2 Å². The predicted molar refractivity (Wildman–Crippen MR) is 84.2 cm³/mol. The van der Waals surface area contributed by atoms with Gasteiger partial charge in [0.05, 0.1) is 6.54 Å². The Hall–Kier alpha value is -2.52. The molecule has 0 spiro atoms. The maximum Gasteiger partial charge on any atom is 0.352 e. The highest BCUT2D eigenvalue weighted by molar-refractivity contribution is 5.43. The van der Waals surface area contributed by atoms with E-state index >= 15 is 0 Å². The van der Waals surface area contributed by atoms with Gasteiger partial charge in [-0.05, 0) is 24.1 Å². The highest BCUT2D eigenvalue weighted by Crippen LogP contribution is 2.22. The molecule has 2 aromatic rings. The third kappa shape index (κ3) is 3.94. The summed E-state index contributed by atoms with van der Waals surface area (Å²) in [6, 6.07) is 4.89. The van der Waals surface area contributed by atoms with E-state index < -0.39 is 23.6 Å². The molecule has 0 saturated carbocycles. The van der Waals surface area contributed by atoms with Crippen molar-refractivity contribution in [1.82, 2.24) is 9.55 Å². The van der Waals surface area contributed by atoms with E-state index in [4.69, 9.17) is 4.74 Å². The molecule has 0 atom stereocenters. The molecular formula is C16H17F2N3O4. The van der Waals surface area contributed by atoms with Crippen LogP contribution in [0.5, 0.6) is 5.88 Å². The minimum Gasteiger partial charge on any atom is -0.473 e. The van der Waals surface area contributed by atoms with Crippen molar-refractivity contribution in [2.24, 2.45) is 0 Å². The first-order chi connectivity index (χ1) is 11.9. The van der Waals surface area contributed by atoms with Gasteiger partial charge in [0.25, 0.3) is 0 Å². The number of β-amino-alcohol motifs (C(OH)–C–C–N with tert-alkyl or cyclic N) is 2. The Bertz CT molecular complexity index is 826. The smallest absolute Gasteiger partial charge is 0.352 e. The summed E-state index contributed by atoms with van der Waals surface area (Å²) in [5.41, 5.74) is -0.129. The number of aliphatic hydroxyl groups excluding tert-OH is 1. The molecule has 0 aliphatic carbocycles. The van der Waals surface area contributed by atoms with E-state index in [0.29, 0.717) is 30.9 Å². The quantitative estimate of drug-likeness (QED) is 0.767. The topological polar surface area (TPSA) is 87.8 Å². The highest BCUT2D eigenvalue weighted by atomic mass is 19.2. The van der Waals surface area contributed by atoms with Crippen LogP contribution < -0.4 is 15.3 Å². The number of ether oxygens (including phenoxy) is 1. The van der Waals surface area contributed by atoms with Gasteiger partial charge in [-0.3, -0.25) is 4.57 Å². The first-order valence-electron chi connectivity index (χ1n) is 7.74. The molecule has 134 valence electrons. The Morgan fingerprint density at radius 2 is 2.00 bits per heavy atom. The number of anilines is 1. The number of hydrogen-bond donors (Lipinski definition) is 2. The van der Waals surface area contributed by atoms with Gasteiger partial charge in [0.2, 0.25) is 5.88 Å². The van der Waals surface area contributed by atoms with Crippen molar-refractivity contribution in [3.8, 4) is 5.88 Å². The van der Waals surface area contributed by atoms with Crippen LogP contribution in [0, 0.1) is 11.6 Å². The minimum absolute atomic E-state index is 0.0281. The maximum atomic E-state index is 13.2. The van der Waals surface area contributed by atoms with Gasteiger partial charge in [-0.2, -0.15) is 4.98 Å². The molecule has 1 aliphatic heterocycles. The molecule has 0 bridgehead atoms. The Kier molecular flexibility index (Phi) is 4.95. The lowest BCUT2D eigenvalue weighted by Gasteiger charge is -2.32. The number of aliphatic hydroxyl groups is 2. The lowest BCUT2D eigenvalue weighted by Crippen LogP contribution is -2.42. The highest BCUT2D eigenvalue weighted by Gasteiger charge is 2.21. The Labute approximate surface area is 141 Å². The summed E-state index contributed by atoms with van der Waals surface area (Å²) in [6.45, 7) is 0.897. The molecule has 25 heavy (non-hydrogen) atoms. The van der Waals surface area contributed by atoms with Crippen LogP contribution >= 0.6 is 0 Å². The molecule has 1 aromatic carbocycles. The molecule has 7 nitrogen and oxygen atoms in total. The van der Waals surface area contributed by atoms with Gasteiger partial charge in [-0.1, -0.05) is 6.07 Å². The van der Waals surface area contributed by atoms with E-state index in [2.05, 4.69) is 4.98 Å². The zero-order valence-electron chi connectivity index (χ0n) is 13.2. The predicted octanol–water partition coefficient (Wildman–Crippen LogP) is 0.621. The second kappa shape index (κ2) is 7.16. The molecule has 1 aliphatic rings. The number of fused-ring (bicyclic) bond motifs is 1. The van der Waals surface area contributed by atoms with E-state index in [9.17, 15) is 23.8 Å². The van der Waals surface area contributed by atoms with Crippen molar-refractivity contribution >= 4 is 5.82 Å². The van der Waals surface area contributed by atoms with Gasteiger partial charge >= 0.3 is 5.69 Å². The number of aromatic nitrogens is 2. The van der Waals surface area contributed by atoms with Crippen molar-refractivity contribution in [1.29, 1.82) is 0 Å². The molecule has 2 heterocycles. The number of benzene rings is 1. The summed E-state index contributed by atoms with van der Waals surface area (Å²) >= 11 is 0.